The number of aliphatic hydroxyl groups is 10. The van der Waals surface area contributed by atoms with Gasteiger partial charge < -0.3 is 105 Å². The summed E-state index contributed by atoms with van der Waals surface area (Å²) in [5, 5.41) is 119. The largest absolute Gasteiger partial charge is 0.394 e. The van der Waals surface area contributed by atoms with Gasteiger partial charge in [-0.25, -0.2) is 0 Å². The zero-order valence-corrected chi connectivity index (χ0v) is 42.4. The van der Waals surface area contributed by atoms with Crippen molar-refractivity contribution in [2.75, 3.05) is 26.4 Å². The molecule has 4 heterocycles. The Labute approximate surface area is 426 Å². The Kier molecular flexibility index (Phi) is 27.3. The minimum Gasteiger partial charge on any atom is -0.394 e. The molecule has 4 amide bonds. The van der Waals surface area contributed by atoms with Gasteiger partial charge in [0.05, 0.1) is 26.4 Å². The van der Waals surface area contributed by atoms with E-state index in [9.17, 15) is 70.2 Å². The van der Waals surface area contributed by atoms with Gasteiger partial charge in [0.15, 0.2) is 25.2 Å². The number of ether oxygens (including phenoxy) is 7. The maximum Gasteiger partial charge on any atom is 0.220 e. The molecule has 20 atom stereocenters. The van der Waals surface area contributed by atoms with Crippen molar-refractivity contribution in [3.63, 3.8) is 0 Å². The second-order valence-electron chi connectivity index (χ2n) is 19.3. The van der Waals surface area contributed by atoms with Crippen LogP contribution in [0.2, 0.25) is 0 Å². The third-order valence-corrected chi connectivity index (χ3v) is 13.4. The molecule has 73 heavy (non-hydrogen) atoms. The van der Waals surface area contributed by atoms with Crippen LogP contribution in [0.3, 0.4) is 0 Å². The van der Waals surface area contributed by atoms with Gasteiger partial charge in [0.2, 0.25) is 23.6 Å². The monoisotopic (exact) mass is 1050 g/mol. The lowest BCUT2D eigenvalue weighted by atomic mass is 9.93. The summed E-state index contributed by atoms with van der Waals surface area (Å²) in [5.41, 5.74) is 0. The highest BCUT2D eigenvalue weighted by Crippen LogP contribution is 2.34. The fourth-order valence-corrected chi connectivity index (χ4v) is 9.55. The molecule has 4 aliphatic rings. The predicted octanol–water partition coefficient (Wildman–Crippen LogP) is -3.16. The number of hydrogen-bond acceptors (Lipinski definition) is 21. The first-order valence-electron chi connectivity index (χ1n) is 25.8. The number of hydrogen-bond donors (Lipinski definition) is 14. The highest BCUT2D eigenvalue weighted by atomic mass is 16.8. The molecule has 0 aliphatic carbocycles. The van der Waals surface area contributed by atoms with Crippen molar-refractivity contribution >= 4 is 23.6 Å². The summed E-state index contributed by atoms with van der Waals surface area (Å²) in [7, 11) is 0. The highest BCUT2D eigenvalue weighted by molar-refractivity contribution is 5.76. The van der Waals surface area contributed by atoms with Gasteiger partial charge in [0.1, 0.15) is 97.4 Å². The molecule has 0 spiro atoms. The maximum atomic E-state index is 13.3. The van der Waals surface area contributed by atoms with Crippen LogP contribution < -0.4 is 21.3 Å². The number of rotatable bonds is 29. The van der Waals surface area contributed by atoms with Gasteiger partial charge in [0.25, 0.3) is 0 Å². The fraction of sp³-hybridized carbons (Fsp3) is 0.875. The van der Waals surface area contributed by atoms with Crippen molar-refractivity contribution in [2.24, 2.45) is 0 Å². The number of allylic oxidation sites excluding steroid dienone is 2. The molecule has 4 aliphatic heterocycles. The zero-order valence-electron chi connectivity index (χ0n) is 42.4. The first kappa shape index (κ1) is 62.5. The van der Waals surface area contributed by atoms with Gasteiger partial charge in [-0.3, -0.25) is 19.2 Å². The van der Waals surface area contributed by atoms with Crippen LogP contribution in [-0.4, -0.2) is 224 Å². The van der Waals surface area contributed by atoms with Crippen molar-refractivity contribution < 1.29 is 103 Å². The van der Waals surface area contributed by atoms with E-state index in [4.69, 9.17) is 33.2 Å². The van der Waals surface area contributed by atoms with E-state index in [0.29, 0.717) is 6.42 Å². The Balaban J connectivity index is 1.44. The van der Waals surface area contributed by atoms with E-state index in [1.807, 2.05) is 0 Å². The van der Waals surface area contributed by atoms with E-state index in [-0.39, 0.29) is 6.42 Å². The van der Waals surface area contributed by atoms with Crippen LogP contribution in [0.15, 0.2) is 12.2 Å². The lowest BCUT2D eigenvalue weighted by Gasteiger charge is -2.51. The number of carbonyl (C=O) groups excluding carboxylic acids is 4. The third-order valence-electron chi connectivity index (χ3n) is 13.4. The number of unbranched alkanes of at least 4 members (excludes halogenated alkanes) is 11. The van der Waals surface area contributed by atoms with Gasteiger partial charge in [0, 0.05) is 27.2 Å². The van der Waals surface area contributed by atoms with Gasteiger partial charge in [-0.15, -0.1) is 0 Å². The molecule has 422 valence electrons. The van der Waals surface area contributed by atoms with E-state index < -0.39 is 173 Å². The molecule has 0 bridgehead atoms. The van der Waals surface area contributed by atoms with Crippen LogP contribution in [0.4, 0.5) is 0 Å². The Bertz CT molecular complexity index is 1690. The van der Waals surface area contributed by atoms with E-state index >= 15 is 0 Å². The molecular weight excluding hydrogens is 969 g/mol. The predicted molar refractivity (Wildman–Crippen MR) is 254 cm³/mol. The molecule has 4 rings (SSSR count). The van der Waals surface area contributed by atoms with Crippen LogP contribution >= 0.6 is 0 Å². The van der Waals surface area contributed by atoms with Crippen LogP contribution in [0.25, 0.3) is 0 Å². The molecule has 4 saturated heterocycles. The van der Waals surface area contributed by atoms with E-state index in [1.165, 1.54) is 38.5 Å². The van der Waals surface area contributed by atoms with Gasteiger partial charge in [-0.1, -0.05) is 70.4 Å². The summed E-state index contributed by atoms with van der Waals surface area (Å²) in [4.78, 5) is 50.3. The molecule has 0 radical (unpaired) electrons. The minimum absolute atomic E-state index is 0.0518. The van der Waals surface area contributed by atoms with E-state index in [2.05, 4.69) is 40.3 Å². The summed E-state index contributed by atoms with van der Waals surface area (Å²) in [5.74, 6) is -2.66. The molecule has 0 aromatic carbocycles. The number of aliphatic hydroxyl groups excluding tert-OH is 10. The van der Waals surface area contributed by atoms with Crippen molar-refractivity contribution in [1.82, 2.24) is 21.3 Å². The second kappa shape index (κ2) is 31.9. The molecule has 25 nitrogen and oxygen atoms in total. The molecular formula is C48H84N4O21. The molecule has 4 unspecified atom stereocenters. The Morgan fingerprint density at radius 1 is 0.438 bits per heavy atom. The van der Waals surface area contributed by atoms with Gasteiger partial charge >= 0.3 is 0 Å². The first-order valence-corrected chi connectivity index (χ1v) is 25.8. The SMILES string of the molecule is CCCCCCCC/C=C\CCCCCCCC(=O)N[C@H]1C(O)[C@H](O)[C@@H](CO)O[C@H]1O[C@H]1C(O)[C@@H](NC(C)=O)[C@H](O[C@H]2C(O)[C@H](NC(C)=O)[C@H](O[C@H]3C(O)[C@@H](NC(C)=O)[C@H](O)O[C@@H]3CO)O[C@@H]2CO)O[C@@H]1CO. The quantitative estimate of drug-likeness (QED) is 0.0260. The maximum absolute atomic E-state index is 13.3. The zero-order chi connectivity index (χ0) is 53.8. The molecule has 4 fully saturated rings. The van der Waals surface area contributed by atoms with Crippen molar-refractivity contribution in [3.8, 4) is 0 Å². The molecule has 0 aromatic heterocycles. The number of carbonyl (C=O) groups is 4. The Morgan fingerprint density at radius 2 is 0.795 bits per heavy atom. The van der Waals surface area contributed by atoms with Gasteiger partial charge in [-0.05, 0) is 32.1 Å². The van der Waals surface area contributed by atoms with Crippen LogP contribution in [-0.2, 0) is 52.3 Å². The standard InChI is InChI=1S/C48H84N4O21/c1-5-6-7-8-9-10-11-12-13-14-15-16-17-18-19-20-32(60)52-34-38(62)37(61)28(21-53)68-46(34)72-43-30(23-55)70-48(36(40(43)64)51-27(4)59)73-44-31(24-56)69-47(35(41(44)65)50-26(3)58)71-42-29(22-54)67-45(66)33(39(42)63)49-25(2)57/h12-13,28-31,33-48,53-56,61-66H,5-11,14-24H2,1-4H3,(H,49,57)(H,50,58)(H,51,59)(H,52,60)/b13-12-/t28-,29-,30-,31-,33-,34+,35+,36-,37-,38?,39?,40?,41?,42-,43-,44-,45-,46+,47+,48+/m1/s1. The smallest absolute Gasteiger partial charge is 0.220 e. The van der Waals surface area contributed by atoms with Crippen LogP contribution in [0, 0.1) is 0 Å². The fourth-order valence-electron chi connectivity index (χ4n) is 9.55. The number of nitrogens with one attached hydrogen (secondary N) is 4. The summed E-state index contributed by atoms with van der Waals surface area (Å²) in [6.45, 7) is 2.04. The summed E-state index contributed by atoms with van der Waals surface area (Å²) < 4.78 is 41.4. The summed E-state index contributed by atoms with van der Waals surface area (Å²) >= 11 is 0. The minimum atomic E-state index is -1.90. The molecule has 0 saturated carbocycles. The average Bonchev–Trinajstić information content (AvgIpc) is 3.35. The highest BCUT2D eigenvalue weighted by Gasteiger charge is 2.56. The Morgan fingerprint density at radius 3 is 1.22 bits per heavy atom. The molecule has 25 heteroatoms. The van der Waals surface area contributed by atoms with Gasteiger partial charge in [-0.2, -0.15) is 0 Å². The third kappa shape index (κ3) is 18.3. The van der Waals surface area contributed by atoms with Crippen LogP contribution in [0.5, 0.6) is 0 Å². The lowest BCUT2D eigenvalue weighted by molar-refractivity contribution is -0.362. The van der Waals surface area contributed by atoms with Crippen molar-refractivity contribution in [3.05, 3.63) is 12.2 Å². The van der Waals surface area contributed by atoms with E-state index in [0.717, 1.165) is 59.3 Å². The summed E-state index contributed by atoms with van der Waals surface area (Å²) in [6.07, 6.45) is -8.64. The average molecular weight is 1050 g/mol. The van der Waals surface area contributed by atoms with Crippen LogP contribution in [0.1, 0.15) is 118 Å². The van der Waals surface area contributed by atoms with E-state index in [1.54, 1.807) is 0 Å². The first-order chi connectivity index (χ1) is 34.9. The second-order valence-corrected chi connectivity index (χ2v) is 19.3. The topological polar surface area (TPSA) is 383 Å². The molecule has 0 aromatic rings. The van der Waals surface area contributed by atoms with Crippen molar-refractivity contribution in [1.29, 1.82) is 0 Å². The lowest BCUT2D eigenvalue weighted by Crippen LogP contribution is -2.71. The molecule has 14 N–H and O–H groups in total. The number of amides is 4. The summed E-state index contributed by atoms with van der Waals surface area (Å²) in [6, 6.07) is -6.17. The van der Waals surface area contributed by atoms with Crippen molar-refractivity contribution in [2.45, 2.75) is 240 Å². The Hall–Kier alpha value is -3.06. The normalized spacial score (nSPS) is 36.9.